The molecule has 0 aliphatic heterocycles. The van der Waals surface area contributed by atoms with Gasteiger partial charge >= 0.3 is 0 Å². The SMILES string of the molecule is Cc1ncccc1CN=[N+]=[N-]. The predicted octanol–water partition coefficient (Wildman–Crippen LogP) is 2.20. The van der Waals surface area contributed by atoms with Gasteiger partial charge in [-0.2, -0.15) is 0 Å². The van der Waals surface area contributed by atoms with Crippen molar-refractivity contribution in [1.29, 1.82) is 0 Å². The third-order valence-electron chi connectivity index (χ3n) is 1.42. The van der Waals surface area contributed by atoms with E-state index in [0.717, 1.165) is 11.3 Å². The molecule has 0 bridgehead atoms. The van der Waals surface area contributed by atoms with E-state index in [4.69, 9.17) is 5.53 Å². The first kappa shape index (κ1) is 7.57. The Hall–Kier alpha value is -1.54. The Labute approximate surface area is 64.5 Å². The first-order chi connectivity index (χ1) is 5.34. The summed E-state index contributed by atoms with van der Waals surface area (Å²) in [5.41, 5.74) is 9.95. The minimum absolute atomic E-state index is 0.385. The fourth-order valence-corrected chi connectivity index (χ4v) is 0.792. The van der Waals surface area contributed by atoms with Crippen molar-refractivity contribution in [1.82, 2.24) is 4.98 Å². The van der Waals surface area contributed by atoms with Crippen LogP contribution in [0.15, 0.2) is 23.4 Å². The van der Waals surface area contributed by atoms with Crippen LogP contribution in [-0.2, 0) is 6.54 Å². The Kier molecular flexibility index (Phi) is 2.47. The first-order valence-electron chi connectivity index (χ1n) is 3.26. The third-order valence-corrected chi connectivity index (χ3v) is 1.42. The normalized spacial score (nSPS) is 8.82. The van der Waals surface area contributed by atoms with E-state index in [-0.39, 0.29) is 0 Å². The number of hydrogen-bond acceptors (Lipinski definition) is 2. The standard InChI is InChI=1S/C7H8N4/c1-6-7(5-10-11-8)3-2-4-9-6/h2-4H,5H2,1H3. The lowest BCUT2D eigenvalue weighted by molar-refractivity contribution is 0.994. The number of aryl methyl sites for hydroxylation is 1. The molecule has 0 atom stereocenters. The van der Waals surface area contributed by atoms with Crippen molar-refractivity contribution in [2.45, 2.75) is 13.5 Å². The predicted molar refractivity (Wildman–Crippen MR) is 41.8 cm³/mol. The lowest BCUT2D eigenvalue weighted by atomic mass is 10.2. The molecule has 0 unspecified atom stereocenters. The molecule has 0 aromatic carbocycles. The molecule has 1 heterocycles. The van der Waals surface area contributed by atoms with Gasteiger partial charge in [0.1, 0.15) is 0 Å². The van der Waals surface area contributed by atoms with Crippen molar-refractivity contribution in [3.63, 3.8) is 0 Å². The second-order valence-corrected chi connectivity index (χ2v) is 2.14. The summed E-state index contributed by atoms with van der Waals surface area (Å²) in [4.78, 5) is 6.72. The minimum atomic E-state index is 0.385. The highest BCUT2D eigenvalue weighted by Gasteiger charge is 1.93. The van der Waals surface area contributed by atoms with E-state index >= 15 is 0 Å². The molecule has 1 aromatic rings. The van der Waals surface area contributed by atoms with E-state index in [0.29, 0.717) is 6.54 Å². The van der Waals surface area contributed by atoms with Gasteiger partial charge in [-0.1, -0.05) is 11.2 Å². The lowest BCUT2D eigenvalue weighted by Gasteiger charge is -1.97. The van der Waals surface area contributed by atoms with E-state index in [1.807, 2.05) is 19.1 Å². The molecular formula is C7H8N4. The van der Waals surface area contributed by atoms with Crippen LogP contribution < -0.4 is 0 Å². The Morgan fingerprint density at radius 2 is 2.55 bits per heavy atom. The van der Waals surface area contributed by atoms with Crippen LogP contribution in [0.1, 0.15) is 11.3 Å². The van der Waals surface area contributed by atoms with Crippen LogP contribution in [0.25, 0.3) is 10.4 Å². The Morgan fingerprint density at radius 1 is 1.73 bits per heavy atom. The van der Waals surface area contributed by atoms with E-state index < -0.39 is 0 Å². The molecule has 0 fully saturated rings. The summed E-state index contributed by atoms with van der Waals surface area (Å²) in [5.74, 6) is 0. The van der Waals surface area contributed by atoms with E-state index in [2.05, 4.69) is 15.0 Å². The van der Waals surface area contributed by atoms with Crippen LogP contribution in [0.5, 0.6) is 0 Å². The van der Waals surface area contributed by atoms with Gasteiger partial charge in [0, 0.05) is 16.8 Å². The quantitative estimate of drug-likeness (QED) is 0.360. The van der Waals surface area contributed by atoms with Gasteiger partial charge in [0.15, 0.2) is 0 Å². The third kappa shape index (κ3) is 1.95. The minimum Gasteiger partial charge on any atom is -0.261 e. The van der Waals surface area contributed by atoms with Gasteiger partial charge in [0.2, 0.25) is 0 Å². The largest absolute Gasteiger partial charge is 0.261 e. The first-order valence-corrected chi connectivity index (χ1v) is 3.26. The molecule has 0 aliphatic rings. The Bertz CT molecular complexity index is 288. The fraction of sp³-hybridized carbons (Fsp3) is 0.286. The van der Waals surface area contributed by atoms with Gasteiger partial charge in [-0.3, -0.25) is 4.98 Å². The Morgan fingerprint density at radius 3 is 3.18 bits per heavy atom. The highest BCUT2D eigenvalue weighted by Crippen LogP contribution is 2.04. The Balaban J connectivity index is 2.85. The second kappa shape index (κ2) is 3.58. The molecule has 11 heavy (non-hydrogen) atoms. The molecule has 0 spiro atoms. The number of nitrogens with zero attached hydrogens (tertiary/aromatic N) is 4. The zero-order valence-corrected chi connectivity index (χ0v) is 6.23. The van der Waals surface area contributed by atoms with Crippen LogP contribution in [0.3, 0.4) is 0 Å². The highest BCUT2D eigenvalue weighted by molar-refractivity contribution is 5.17. The zero-order valence-electron chi connectivity index (χ0n) is 6.23. The molecular weight excluding hydrogens is 140 g/mol. The topological polar surface area (TPSA) is 61.7 Å². The summed E-state index contributed by atoms with van der Waals surface area (Å²) < 4.78 is 0. The van der Waals surface area contributed by atoms with Crippen LogP contribution in [0, 0.1) is 6.92 Å². The van der Waals surface area contributed by atoms with Gasteiger partial charge in [-0.15, -0.1) is 0 Å². The van der Waals surface area contributed by atoms with E-state index in [9.17, 15) is 0 Å². The average Bonchev–Trinajstić information content (AvgIpc) is 2.03. The van der Waals surface area contributed by atoms with E-state index in [1.165, 1.54) is 0 Å². The molecule has 0 N–H and O–H groups in total. The summed E-state index contributed by atoms with van der Waals surface area (Å²) in [6.45, 7) is 2.28. The molecule has 1 aromatic heterocycles. The summed E-state index contributed by atoms with van der Waals surface area (Å²) in [5, 5.41) is 3.44. The fourth-order valence-electron chi connectivity index (χ4n) is 0.792. The summed E-state index contributed by atoms with van der Waals surface area (Å²) in [6, 6.07) is 3.73. The molecule has 0 aliphatic carbocycles. The van der Waals surface area contributed by atoms with Crippen molar-refractivity contribution < 1.29 is 0 Å². The van der Waals surface area contributed by atoms with Crippen molar-refractivity contribution in [3.8, 4) is 0 Å². The van der Waals surface area contributed by atoms with Crippen LogP contribution in [0.2, 0.25) is 0 Å². The zero-order chi connectivity index (χ0) is 8.10. The molecule has 4 nitrogen and oxygen atoms in total. The smallest absolute Gasteiger partial charge is 0.0528 e. The van der Waals surface area contributed by atoms with Gasteiger partial charge in [0.25, 0.3) is 0 Å². The number of azide groups is 1. The van der Waals surface area contributed by atoms with Crippen molar-refractivity contribution >= 4 is 0 Å². The van der Waals surface area contributed by atoms with Gasteiger partial charge in [-0.25, -0.2) is 0 Å². The highest BCUT2D eigenvalue weighted by atomic mass is 15.1. The lowest BCUT2D eigenvalue weighted by Crippen LogP contribution is -1.88. The van der Waals surface area contributed by atoms with Gasteiger partial charge in [-0.05, 0) is 24.1 Å². The van der Waals surface area contributed by atoms with Crippen molar-refractivity contribution in [3.05, 3.63) is 40.0 Å². The summed E-state index contributed by atoms with van der Waals surface area (Å²) in [6.07, 6.45) is 1.72. The number of rotatable bonds is 2. The molecule has 0 amide bonds. The summed E-state index contributed by atoms with van der Waals surface area (Å²) >= 11 is 0. The monoisotopic (exact) mass is 148 g/mol. The van der Waals surface area contributed by atoms with Gasteiger partial charge in [0.05, 0.1) is 6.54 Å². The van der Waals surface area contributed by atoms with Gasteiger partial charge < -0.3 is 0 Å². The number of hydrogen-bond donors (Lipinski definition) is 0. The van der Waals surface area contributed by atoms with Crippen molar-refractivity contribution in [2.75, 3.05) is 0 Å². The molecule has 1 rings (SSSR count). The van der Waals surface area contributed by atoms with Crippen molar-refractivity contribution in [2.24, 2.45) is 5.11 Å². The number of aromatic nitrogens is 1. The van der Waals surface area contributed by atoms with E-state index in [1.54, 1.807) is 6.20 Å². The van der Waals surface area contributed by atoms with Crippen LogP contribution >= 0.6 is 0 Å². The molecule has 0 saturated carbocycles. The second-order valence-electron chi connectivity index (χ2n) is 2.14. The average molecular weight is 148 g/mol. The van der Waals surface area contributed by atoms with Crippen LogP contribution in [-0.4, -0.2) is 4.98 Å². The molecule has 0 radical (unpaired) electrons. The summed E-state index contributed by atoms with van der Waals surface area (Å²) in [7, 11) is 0. The molecule has 4 heteroatoms. The maximum absolute atomic E-state index is 8.06. The molecule has 0 saturated heterocycles. The van der Waals surface area contributed by atoms with Crippen LogP contribution in [0.4, 0.5) is 0 Å². The maximum Gasteiger partial charge on any atom is 0.0528 e. The maximum atomic E-state index is 8.06. The number of pyridine rings is 1. The molecule has 56 valence electrons.